The second-order valence-corrected chi connectivity index (χ2v) is 4.51. The Hall–Kier alpha value is -1.03. The number of hydrogen-bond acceptors (Lipinski definition) is 4. The molecule has 96 valence electrons. The van der Waals surface area contributed by atoms with Gasteiger partial charge >= 0.3 is 0 Å². The molecule has 17 heavy (non-hydrogen) atoms. The fourth-order valence-electron chi connectivity index (χ4n) is 1.84. The Morgan fingerprint density at radius 1 is 1.24 bits per heavy atom. The topological polar surface area (TPSA) is 49.8 Å². The zero-order valence-corrected chi connectivity index (χ0v) is 11.7. The maximum Gasteiger partial charge on any atom is 0.224 e. The van der Waals surface area contributed by atoms with Crippen molar-refractivity contribution >= 4 is 23.4 Å². The highest BCUT2D eigenvalue weighted by Crippen LogP contribution is 2.28. The molecular formula is C12H21ClN4. The van der Waals surface area contributed by atoms with Crippen LogP contribution >= 0.6 is 11.6 Å². The van der Waals surface area contributed by atoms with E-state index in [0.717, 1.165) is 19.3 Å². The standard InChI is InChI=1S/C12H21ClN4/c1-5-12(6-2,7-3)17-10-9(13)8-15-11(14-4)16-10/h8H,5-7H2,1-4H3,(H2,14,15,16,17). The molecule has 0 radical (unpaired) electrons. The van der Waals surface area contributed by atoms with Crippen molar-refractivity contribution in [3.63, 3.8) is 0 Å². The Morgan fingerprint density at radius 2 is 1.82 bits per heavy atom. The van der Waals surface area contributed by atoms with Crippen LogP contribution in [0.25, 0.3) is 0 Å². The third kappa shape index (κ3) is 3.22. The average Bonchev–Trinajstić information content (AvgIpc) is 2.38. The van der Waals surface area contributed by atoms with Crippen LogP contribution in [0.4, 0.5) is 11.8 Å². The van der Waals surface area contributed by atoms with E-state index in [9.17, 15) is 0 Å². The fraction of sp³-hybridized carbons (Fsp3) is 0.667. The number of hydrogen-bond donors (Lipinski definition) is 2. The second kappa shape index (κ2) is 6.05. The fourth-order valence-corrected chi connectivity index (χ4v) is 1.98. The molecule has 2 N–H and O–H groups in total. The Balaban J connectivity index is 2.99. The first-order valence-corrected chi connectivity index (χ1v) is 6.47. The van der Waals surface area contributed by atoms with Crippen molar-refractivity contribution in [2.24, 2.45) is 0 Å². The molecule has 0 saturated carbocycles. The molecule has 0 aliphatic carbocycles. The Labute approximate surface area is 108 Å². The van der Waals surface area contributed by atoms with Gasteiger partial charge in [0, 0.05) is 12.6 Å². The van der Waals surface area contributed by atoms with Crippen LogP contribution in [0.5, 0.6) is 0 Å². The Bertz CT molecular complexity index is 355. The summed E-state index contributed by atoms with van der Waals surface area (Å²) in [4.78, 5) is 8.42. The van der Waals surface area contributed by atoms with Crippen LogP contribution in [0, 0.1) is 0 Å². The van der Waals surface area contributed by atoms with Gasteiger partial charge in [0.25, 0.3) is 0 Å². The van der Waals surface area contributed by atoms with E-state index in [4.69, 9.17) is 11.6 Å². The summed E-state index contributed by atoms with van der Waals surface area (Å²) in [6.07, 6.45) is 4.73. The monoisotopic (exact) mass is 256 g/mol. The number of halogens is 1. The molecule has 0 spiro atoms. The first-order chi connectivity index (χ1) is 8.10. The van der Waals surface area contributed by atoms with E-state index in [1.54, 1.807) is 13.2 Å². The third-order valence-corrected chi connectivity index (χ3v) is 3.66. The molecule has 0 aromatic carbocycles. The minimum Gasteiger partial charge on any atom is -0.363 e. The highest BCUT2D eigenvalue weighted by Gasteiger charge is 2.25. The maximum absolute atomic E-state index is 6.11. The minimum atomic E-state index is 0.0585. The molecule has 0 amide bonds. The maximum atomic E-state index is 6.11. The van der Waals surface area contributed by atoms with Crippen LogP contribution in [0.15, 0.2) is 6.20 Å². The van der Waals surface area contributed by atoms with Crippen molar-refractivity contribution in [1.29, 1.82) is 0 Å². The SMILES string of the molecule is CCC(CC)(CC)Nc1nc(NC)ncc1Cl. The van der Waals surface area contributed by atoms with Crippen molar-refractivity contribution in [3.05, 3.63) is 11.2 Å². The highest BCUT2D eigenvalue weighted by atomic mass is 35.5. The molecular weight excluding hydrogens is 236 g/mol. The van der Waals surface area contributed by atoms with Crippen LogP contribution in [0.2, 0.25) is 5.02 Å². The van der Waals surface area contributed by atoms with Crippen LogP contribution < -0.4 is 10.6 Å². The van der Waals surface area contributed by atoms with Crippen molar-refractivity contribution in [2.45, 2.75) is 45.6 Å². The number of aromatic nitrogens is 2. The summed E-state index contributed by atoms with van der Waals surface area (Å²) in [5.74, 6) is 1.28. The summed E-state index contributed by atoms with van der Waals surface area (Å²) < 4.78 is 0. The molecule has 1 heterocycles. The minimum absolute atomic E-state index is 0.0585. The zero-order valence-electron chi connectivity index (χ0n) is 11.0. The van der Waals surface area contributed by atoms with E-state index >= 15 is 0 Å². The van der Waals surface area contributed by atoms with E-state index in [0.29, 0.717) is 16.8 Å². The zero-order chi connectivity index (χ0) is 12.9. The number of anilines is 2. The van der Waals surface area contributed by atoms with Crippen LogP contribution in [0.3, 0.4) is 0 Å². The van der Waals surface area contributed by atoms with Crippen molar-refractivity contribution in [3.8, 4) is 0 Å². The van der Waals surface area contributed by atoms with Crippen molar-refractivity contribution < 1.29 is 0 Å². The van der Waals surface area contributed by atoms with Gasteiger partial charge in [0.1, 0.15) is 5.02 Å². The third-order valence-electron chi connectivity index (χ3n) is 3.38. The van der Waals surface area contributed by atoms with Gasteiger partial charge in [-0.1, -0.05) is 32.4 Å². The molecule has 0 saturated heterocycles. The molecule has 0 aliphatic rings. The van der Waals surface area contributed by atoms with Gasteiger partial charge in [0.15, 0.2) is 5.82 Å². The summed E-state index contributed by atoms with van der Waals surface area (Å²) in [6, 6.07) is 0. The van der Waals surface area contributed by atoms with Gasteiger partial charge in [-0.25, -0.2) is 4.98 Å². The lowest BCUT2D eigenvalue weighted by Gasteiger charge is -2.32. The Morgan fingerprint density at radius 3 is 2.29 bits per heavy atom. The van der Waals surface area contributed by atoms with Crippen LogP contribution in [-0.2, 0) is 0 Å². The number of nitrogens with one attached hydrogen (secondary N) is 2. The molecule has 0 atom stereocenters. The van der Waals surface area contributed by atoms with Gasteiger partial charge in [0.2, 0.25) is 5.95 Å². The molecule has 0 fully saturated rings. The second-order valence-electron chi connectivity index (χ2n) is 4.11. The molecule has 4 nitrogen and oxygen atoms in total. The van der Waals surface area contributed by atoms with E-state index in [-0.39, 0.29) is 5.54 Å². The predicted molar refractivity (Wildman–Crippen MR) is 73.8 cm³/mol. The Kier molecular flexibility index (Phi) is 5.00. The number of rotatable bonds is 6. The first-order valence-electron chi connectivity index (χ1n) is 6.09. The lowest BCUT2D eigenvalue weighted by Crippen LogP contribution is -2.36. The molecule has 1 aromatic rings. The lowest BCUT2D eigenvalue weighted by molar-refractivity contribution is 0.419. The summed E-state index contributed by atoms with van der Waals surface area (Å²) >= 11 is 6.11. The van der Waals surface area contributed by atoms with Gasteiger partial charge in [-0.05, 0) is 19.3 Å². The summed E-state index contributed by atoms with van der Waals surface area (Å²) in [5, 5.41) is 6.93. The van der Waals surface area contributed by atoms with E-state index in [2.05, 4.69) is 41.4 Å². The molecule has 0 aliphatic heterocycles. The van der Waals surface area contributed by atoms with E-state index in [1.165, 1.54) is 0 Å². The summed E-state index contributed by atoms with van der Waals surface area (Å²) in [6.45, 7) is 6.52. The predicted octanol–water partition coefficient (Wildman–Crippen LogP) is 3.55. The van der Waals surface area contributed by atoms with Gasteiger partial charge in [-0.2, -0.15) is 4.98 Å². The van der Waals surface area contributed by atoms with Crippen LogP contribution in [0.1, 0.15) is 40.0 Å². The normalized spacial score (nSPS) is 11.4. The average molecular weight is 257 g/mol. The van der Waals surface area contributed by atoms with Crippen molar-refractivity contribution in [2.75, 3.05) is 17.7 Å². The van der Waals surface area contributed by atoms with Crippen LogP contribution in [-0.4, -0.2) is 22.6 Å². The lowest BCUT2D eigenvalue weighted by atomic mass is 9.90. The van der Waals surface area contributed by atoms with Crippen molar-refractivity contribution in [1.82, 2.24) is 9.97 Å². The first kappa shape index (κ1) is 14.0. The molecule has 0 bridgehead atoms. The molecule has 0 unspecified atom stereocenters. The molecule has 1 rings (SSSR count). The van der Waals surface area contributed by atoms with Gasteiger partial charge < -0.3 is 10.6 Å². The quantitative estimate of drug-likeness (QED) is 0.817. The highest BCUT2D eigenvalue weighted by molar-refractivity contribution is 6.32. The molecule has 1 aromatic heterocycles. The number of nitrogens with zero attached hydrogens (tertiary/aromatic N) is 2. The summed E-state index contributed by atoms with van der Waals surface area (Å²) in [7, 11) is 1.79. The van der Waals surface area contributed by atoms with E-state index in [1.807, 2.05) is 0 Å². The van der Waals surface area contributed by atoms with Gasteiger partial charge in [0.05, 0.1) is 6.20 Å². The molecule has 5 heteroatoms. The van der Waals surface area contributed by atoms with Gasteiger partial charge in [-0.15, -0.1) is 0 Å². The summed E-state index contributed by atoms with van der Waals surface area (Å²) in [5.41, 5.74) is 0.0585. The largest absolute Gasteiger partial charge is 0.363 e. The van der Waals surface area contributed by atoms with Gasteiger partial charge in [-0.3, -0.25) is 0 Å². The smallest absolute Gasteiger partial charge is 0.224 e. The van der Waals surface area contributed by atoms with E-state index < -0.39 is 0 Å².